The third-order valence-electron chi connectivity index (χ3n) is 4.78. The summed E-state index contributed by atoms with van der Waals surface area (Å²) in [6.07, 6.45) is 11.9. The molecule has 0 amide bonds. The Morgan fingerprint density at radius 2 is 1.80 bits per heavy atom. The van der Waals surface area contributed by atoms with Gasteiger partial charge < -0.3 is 15.3 Å². The average Bonchev–Trinajstić information content (AvgIpc) is 2.82. The predicted molar refractivity (Wildman–Crippen MR) is 97.1 cm³/mol. The van der Waals surface area contributed by atoms with Crippen molar-refractivity contribution >= 4 is 11.8 Å². The van der Waals surface area contributed by atoms with Crippen LogP contribution >= 0.6 is 0 Å². The molecule has 0 bridgehead atoms. The maximum atomic E-state index is 11.9. The van der Waals surface area contributed by atoms with E-state index in [-0.39, 0.29) is 24.0 Å². The third kappa shape index (κ3) is 8.45. The summed E-state index contributed by atoms with van der Waals surface area (Å²) in [5, 5.41) is 28.9. The first-order chi connectivity index (χ1) is 12.0. The van der Waals surface area contributed by atoms with Gasteiger partial charge in [0, 0.05) is 25.2 Å². The van der Waals surface area contributed by atoms with Gasteiger partial charge in [0.25, 0.3) is 0 Å². The molecule has 5 nitrogen and oxygen atoms in total. The van der Waals surface area contributed by atoms with E-state index < -0.39 is 18.2 Å². The zero-order valence-electron chi connectivity index (χ0n) is 15.1. The van der Waals surface area contributed by atoms with Crippen LogP contribution in [0.25, 0.3) is 0 Å². The predicted octanol–water partition coefficient (Wildman–Crippen LogP) is 3.25. The van der Waals surface area contributed by atoms with Crippen LogP contribution in [0.4, 0.5) is 0 Å². The molecule has 142 valence electrons. The first-order valence-corrected chi connectivity index (χ1v) is 9.39. The zero-order chi connectivity index (χ0) is 18.7. The molecule has 1 fully saturated rings. The number of carboxylic acid groups (broad SMARTS) is 1. The summed E-state index contributed by atoms with van der Waals surface area (Å²) >= 11 is 0. The molecule has 1 aliphatic carbocycles. The molecule has 0 aliphatic heterocycles. The number of aliphatic carboxylic acids is 1. The fourth-order valence-electron chi connectivity index (χ4n) is 3.30. The van der Waals surface area contributed by atoms with Gasteiger partial charge in [0.2, 0.25) is 0 Å². The molecular formula is C20H32O5. The smallest absolute Gasteiger partial charge is 0.303 e. The quantitative estimate of drug-likeness (QED) is 0.285. The van der Waals surface area contributed by atoms with Crippen molar-refractivity contribution in [2.45, 2.75) is 76.9 Å². The van der Waals surface area contributed by atoms with Crippen LogP contribution in [0, 0.1) is 11.8 Å². The number of carbonyl (C=O) groups is 2. The second-order valence-corrected chi connectivity index (χ2v) is 6.89. The van der Waals surface area contributed by atoms with E-state index in [0.717, 1.165) is 19.3 Å². The van der Waals surface area contributed by atoms with Crippen molar-refractivity contribution in [1.29, 1.82) is 0 Å². The van der Waals surface area contributed by atoms with Gasteiger partial charge >= 0.3 is 5.97 Å². The number of ketones is 1. The Labute approximate surface area is 150 Å². The molecule has 0 aromatic heterocycles. The van der Waals surface area contributed by atoms with Crippen molar-refractivity contribution in [2.75, 3.05) is 0 Å². The highest BCUT2D eigenvalue weighted by atomic mass is 16.4. The second kappa shape index (κ2) is 12.0. The van der Waals surface area contributed by atoms with Gasteiger partial charge in [-0.05, 0) is 37.7 Å². The van der Waals surface area contributed by atoms with Crippen LogP contribution < -0.4 is 0 Å². The number of hydrogen-bond acceptors (Lipinski definition) is 4. The van der Waals surface area contributed by atoms with Gasteiger partial charge in [-0.15, -0.1) is 0 Å². The van der Waals surface area contributed by atoms with E-state index in [2.05, 4.69) is 6.92 Å². The molecule has 0 radical (unpaired) electrons. The van der Waals surface area contributed by atoms with E-state index in [9.17, 15) is 19.8 Å². The molecular weight excluding hydrogens is 320 g/mol. The number of allylic oxidation sites excluding steroid dienone is 3. The first-order valence-electron chi connectivity index (χ1n) is 9.39. The van der Waals surface area contributed by atoms with Gasteiger partial charge in [-0.2, -0.15) is 0 Å². The Hall–Kier alpha value is -1.46. The summed E-state index contributed by atoms with van der Waals surface area (Å²) in [5.74, 6) is -1.04. The van der Waals surface area contributed by atoms with E-state index >= 15 is 0 Å². The van der Waals surface area contributed by atoms with Gasteiger partial charge in [0.1, 0.15) is 0 Å². The highest BCUT2D eigenvalue weighted by Gasteiger charge is 2.39. The number of carboxylic acids is 1. The Bertz CT molecular complexity index is 469. The van der Waals surface area contributed by atoms with Crippen LogP contribution in [0.15, 0.2) is 24.3 Å². The Morgan fingerprint density at radius 3 is 2.48 bits per heavy atom. The zero-order valence-corrected chi connectivity index (χ0v) is 15.1. The first kappa shape index (κ1) is 21.6. The number of rotatable bonds is 12. The maximum Gasteiger partial charge on any atom is 0.303 e. The van der Waals surface area contributed by atoms with E-state index in [4.69, 9.17) is 5.11 Å². The molecule has 1 saturated carbocycles. The summed E-state index contributed by atoms with van der Waals surface area (Å²) < 4.78 is 0. The standard InChI is InChI=1S/C20H32O5/c1-2-3-6-9-15(21)12-13-17-16(18(22)14-19(17)23)10-7-4-5-8-11-20(24)25/h4,7,12-13,16-19,22-23H,2-3,5-6,8-11,14H2,1H3,(H,24,25)/b7-4-,13-12-/t16-,17+,18+,19+/m0/s1. The van der Waals surface area contributed by atoms with Crippen LogP contribution in [0.2, 0.25) is 0 Å². The molecule has 0 aromatic carbocycles. The van der Waals surface area contributed by atoms with E-state index in [0.29, 0.717) is 32.1 Å². The lowest BCUT2D eigenvalue weighted by molar-refractivity contribution is -0.137. The van der Waals surface area contributed by atoms with Crippen molar-refractivity contribution in [3.8, 4) is 0 Å². The van der Waals surface area contributed by atoms with Crippen LogP contribution in [0.3, 0.4) is 0 Å². The number of aliphatic hydroxyl groups excluding tert-OH is 2. The minimum absolute atomic E-state index is 0.0741. The van der Waals surface area contributed by atoms with Gasteiger partial charge in [-0.3, -0.25) is 9.59 Å². The van der Waals surface area contributed by atoms with Gasteiger partial charge in [-0.25, -0.2) is 0 Å². The summed E-state index contributed by atoms with van der Waals surface area (Å²) in [6, 6.07) is 0. The fourth-order valence-corrected chi connectivity index (χ4v) is 3.30. The molecule has 0 aromatic rings. The molecule has 0 spiro atoms. The van der Waals surface area contributed by atoms with Gasteiger partial charge in [0.15, 0.2) is 5.78 Å². The number of unbranched alkanes of at least 4 members (excludes halogenated alkanes) is 3. The Kier molecular flexibility index (Phi) is 10.3. The van der Waals surface area contributed by atoms with Crippen LogP contribution in [0.5, 0.6) is 0 Å². The van der Waals surface area contributed by atoms with E-state index in [1.165, 1.54) is 0 Å². The lowest BCUT2D eigenvalue weighted by atomic mass is 9.89. The van der Waals surface area contributed by atoms with Crippen molar-refractivity contribution < 1.29 is 24.9 Å². The highest BCUT2D eigenvalue weighted by molar-refractivity contribution is 5.89. The van der Waals surface area contributed by atoms with Crippen LogP contribution in [0.1, 0.15) is 64.7 Å². The summed E-state index contributed by atoms with van der Waals surface area (Å²) in [7, 11) is 0. The largest absolute Gasteiger partial charge is 0.481 e. The van der Waals surface area contributed by atoms with Crippen molar-refractivity contribution in [3.05, 3.63) is 24.3 Å². The van der Waals surface area contributed by atoms with Crippen molar-refractivity contribution in [3.63, 3.8) is 0 Å². The van der Waals surface area contributed by atoms with Gasteiger partial charge in [-0.1, -0.05) is 38.0 Å². The van der Waals surface area contributed by atoms with Crippen LogP contribution in [-0.2, 0) is 9.59 Å². The fraction of sp³-hybridized carbons (Fsp3) is 0.700. The van der Waals surface area contributed by atoms with Crippen molar-refractivity contribution in [1.82, 2.24) is 0 Å². The van der Waals surface area contributed by atoms with Crippen LogP contribution in [-0.4, -0.2) is 39.3 Å². The third-order valence-corrected chi connectivity index (χ3v) is 4.78. The molecule has 3 N–H and O–H groups in total. The van der Waals surface area contributed by atoms with Gasteiger partial charge in [0.05, 0.1) is 12.2 Å². The molecule has 25 heavy (non-hydrogen) atoms. The molecule has 4 atom stereocenters. The SMILES string of the molecule is CCCCCC(=O)/C=C\[C@@H]1[C@H](C/C=C\CCCC(=O)O)[C@H](O)C[C@H]1O. The average molecular weight is 352 g/mol. The lowest BCUT2D eigenvalue weighted by Crippen LogP contribution is -2.20. The van der Waals surface area contributed by atoms with E-state index in [1.807, 2.05) is 12.2 Å². The summed E-state index contributed by atoms with van der Waals surface area (Å²) in [6.45, 7) is 2.09. The number of carbonyl (C=O) groups excluding carboxylic acids is 1. The number of hydrogen-bond donors (Lipinski definition) is 3. The molecule has 5 heteroatoms. The number of aliphatic hydroxyl groups is 2. The topological polar surface area (TPSA) is 94.8 Å². The summed E-state index contributed by atoms with van der Waals surface area (Å²) in [5.41, 5.74) is 0. The summed E-state index contributed by atoms with van der Waals surface area (Å²) in [4.78, 5) is 22.3. The normalized spacial score (nSPS) is 26.7. The molecule has 0 heterocycles. The monoisotopic (exact) mass is 352 g/mol. The highest BCUT2D eigenvalue weighted by Crippen LogP contribution is 2.36. The Balaban J connectivity index is 2.48. The van der Waals surface area contributed by atoms with Crippen molar-refractivity contribution in [2.24, 2.45) is 11.8 Å². The minimum atomic E-state index is -0.795. The molecule has 0 unspecified atom stereocenters. The minimum Gasteiger partial charge on any atom is -0.481 e. The Morgan fingerprint density at radius 1 is 1.04 bits per heavy atom. The molecule has 0 saturated heterocycles. The second-order valence-electron chi connectivity index (χ2n) is 6.89. The molecule has 1 rings (SSSR count). The van der Waals surface area contributed by atoms with E-state index in [1.54, 1.807) is 12.2 Å². The maximum absolute atomic E-state index is 11.9. The lowest BCUT2D eigenvalue weighted by Gasteiger charge is -2.19. The molecule has 1 aliphatic rings.